The van der Waals surface area contributed by atoms with Crippen molar-refractivity contribution >= 4 is 27.3 Å². The molecule has 0 amide bonds. The van der Waals surface area contributed by atoms with Gasteiger partial charge in [0.2, 0.25) is 0 Å². The van der Waals surface area contributed by atoms with Gasteiger partial charge in [0.1, 0.15) is 0 Å². The molecule has 1 aliphatic rings. The van der Waals surface area contributed by atoms with Crippen LogP contribution in [0.3, 0.4) is 0 Å². The lowest BCUT2D eigenvalue weighted by Gasteiger charge is -2.32. The SMILES string of the molecule is BrCCCCCCCCCCCCN1c2ccccc2Oc2ccccc21. The Labute approximate surface area is 173 Å². The molecular weight excluding hydrogens is 398 g/mol. The second-order valence-electron chi connectivity index (χ2n) is 7.41. The van der Waals surface area contributed by atoms with Crippen LogP contribution in [0, 0.1) is 0 Å². The monoisotopic (exact) mass is 429 g/mol. The van der Waals surface area contributed by atoms with Crippen LogP contribution >= 0.6 is 15.9 Å². The lowest BCUT2D eigenvalue weighted by atomic mass is 10.1. The molecule has 2 aromatic carbocycles. The van der Waals surface area contributed by atoms with Gasteiger partial charge in [0, 0.05) is 11.9 Å². The van der Waals surface area contributed by atoms with Gasteiger partial charge in [0.05, 0.1) is 11.4 Å². The van der Waals surface area contributed by atoms with Crippen LogP contribution in [0.15, 0.2) is 48.5 Å². The maximum Gasteiger partial charge on any atom is 0.151 e. The number of alkyl halides is 1. The standard InChI is InChI=1S/C24H32BrNO/c25-19-13-7-5-3-1-2-4-6-8-14-20-26-21-15-9-11-17-23(21)27-24-18-12-10-16-22(24)26/h9-12,15-18H,1-8,13-14,19-20H2. The Bertz CT molecular complexity index is 642. The maximum absolute atomic E-state index is 6.07. The minimum absolute atomic E-state index is 0.969. The molecule has 0 fully saturated rings. The molecule has 0 spiro atoms. The van der Waals surface area contributed by atoms with E-state index in [-0.39, 0.29) is 0 Å². The molecule has 0 unspecified atom stereocenters. The number of fused-ring (bicyclic) bond motifs is 2. The highest BCUT2D eigenvalue weighted by molar-refractivity contribution is 9.09. The molecule has 0 radical (unpaired) electrons. The second kappa shape index (κ2) is 11.4. The van der Waals surface area contributed by atoms with Gasteiger partial charge in [-0.15, -0.1) is 0 Å². The third kappa shape index (κ3) is 6.00. The summed E-state index contributed by atoms with van der Waals surface area (Å²) >= 11 is 3.50. The molecule has 0 aromatic heterocycles. The molecule has 146 valence electrons. The first kappa shape index (κ1) is 20.3. The lowest BCUT2D eigenvalue weighted by Crippen LogP contribution is -2.22. The number of halogens is 1. The van der Waals surface area contributed by atoms with Gasteiger partial charge < -0.3 is 9.64 Å². The van der Waals surface area contributed by atoms with Gasteiger partial charge in [-0.2, -0.15) is 0 Å². The van der Waals surface area contributed by atoms with E-state index in [9.17, 15) is 0 Å². The number of para-hydroxylation sites is 4. The summed E-state index contributed by atoms with van der Waals surface area (Å²) in [5.74, 6) is 1.94. The van der Waals surface area contributed by atoms with E-state index in [0.29, 0.717) is 0 Å². The van der Waals surface area contributed by atoms with Crippen LogP contribution in [0.25, 0.3) is 0 Å². The van der Waals surface area contributed by atoms with E-state index in [1.165, 1.54) is 75.6 Å². The Kier molecular flexibility index (Phi) is 8.54. The molecule has 0 bridgehead atoms. The van der Waals surface area contributed by atoms with E-state index in [0.717, 1.165) is 23.4 Å². The van der Waals surface area contributed by atoms with Crippen molar-refractivity contribution in [2.24, 2.45) is 0 Å². The summed E-state index contributed by atoms with van der Waals surface area (Å²) in [7, 11) is 0. The number of ether oxygens (including phenoxy) is 1. The van der Waals surface area contributed by atoms with Gasteiger partial charge in [-0.25, -0.2) is 0 Å². The van der Waals surface area contributed by atoms with Crippen molar-refractivity contribution in [2.75, 3.05) is 16.8 Å². The quantitative estimate of drug-likeness (QED) is 0.248. The number of hydrogen-bond donors (Lipinski definition) is 0. The van der Waals surface area contributed by atoms with Crippen molar-refractivity contribution < 1.29 is 4.74 Å². The zero-order valence-electron chi connectivity index (χ0n) is 16.3. The van der Waals surface area contributed by atoms with E-state index in [1.54, 1.807) is 0 Å². The first-order chi connectivity index (χ1) is 13.4. The van der Waals surface area contributed by atoms with E-state index >= 15 is 0 Å². The van der Waals surface area contributed by atoms with Gasteiger partial charge in [-0.1, -0.05) is 91.6 Å². The molecule has 0 aliphatic carbocycles. The van der Waals surface area contributed by atoms with E-state index < -0.39 is 0 Å². The summed E-state index contributed by atoms with van der Waals surface area (Å²) in [5.41, 5.74) is 2.39. The third-order valence-corrected chi connectivity index (χ3v) is 5.86. The Morgan fingerprint density at radius 2 is 1.04 bits per heavy atom. The summed E-state index contributed by atoms with van der Waals surface area (Å²) in [4.78, 5) is 2.43. The Morgan fingerprint density at radius 1 is 0.593 bits per heavy atom. The van der Waals surface area contributed by atoms with Crippen molar-refractivity contribution in [1.82, 2.24) is 0 Å². The Balaban J connectivity index is 1.39. The molecular formula is C24H32BrNO. The summed E-state index contributed by atoms with van der Waals surface area (Å²) < 4.78 is 6.07. The summed E-state index contributed by atoms with van der Waals surface area (Å²) in [6.45, 7) is 1.06. The molecule has 2 aromatic rings. The largest absolute Gasteiger partial charge is 0.453 e. The van der Waals surface area contributed by atoms with Crippen molar-refractivity contribution in [3.05, 3.63) is 48.5 Å². The van der Waals surface area contributed by atoms with Gasteiger partial charge in [-0.3, -0.25) is 0 Å². The van der Waals surface area contributed by atoms with Gasteiger partial charge in [0.15, 0.2) is 11.5 Å². The summed E-state index contributed by atoms with van der Waals surface area (Å²) in [5, 5.41) is 1.16. The molecule has 3 heteroatoms. The number of unbranched alkanes of at least 4 members (excludes halogenated alkanes) is 9. The predicted octanol–water partition coefficient (Wildman–Crippen LogP) is 8.23. The van der Waals surface area contributed by atoms with Crippen LogP contribution in [-0.2, 0) is 0 Å². The highest BCUT2D eigenvalue weighted by Crippen LogP contribution is 2.46. The van der Waals surface area contributed by atoms with Crippen LogP contribution in [0.2, 0.25) is 0 Å². The first-order valence-electron chi connectivity index (χ1n) is 10.6. The Hall–Kier alpha value is -1.48. The molecule has 0 atom stereocenters. The van der Waals surface area contributed by atoms with Crippen molar-refractivity contribution in [2.45, 2.75) is 64.2 Å². The molecule has 1 heterocycles. The van der Waals surface area contributed by atoms with Gasteiger partial charge >= 0.3 is 0 Å². The topological polar surface area (TPSA) is 12.5 Å². The highest BCUT2D eigenvalue weighted by Gasteiger charge is 2.22. The number of hydrogen-bond acceptors (Lipinski definition) is 2. The summed E-state index contributed by atoms with van der Waals surface area (Å²) in [6, 6.07) is 16.8. The van der Waals surface area contributed by atoms with Crippen LogP contribution < -0.4 is 9.64 Å². The van der Waals surface area contributed by atoms with Crippen molar-refractivity contribution in [1.29, 1.82) is 0 Å². The molecule has 1 aliphatic heterocycles. The molecule has 0 N–H and O–H groups in total. The van der Waals surface area contributed by atoms with Crippen LogP contribution in [0.1, 0.15) is 64.2 Å². The molecule has 27 heavy (non-hydrogen) atoms. The first-order valence-corrected chi connectivity index (χ1v) is 11.7. The normalized spacial score (nSPS) is 12.4. The minimum atomic E-state index is 0.969. The fraction of sp³-hybridized carbons (Fsp3) is 0.500. The van der Waals surface area contributed by atoms with E-state index in [2.05, 4.69) is 57.2 Å². The average molecular weight is 430 g/mol. The Morgan fingerprint density at radius 3 is 1.56 bits per heavy atom. The lowest BCUT2D eigenvalue weighted by molar-refractivity contribution is 0.471. The predicted molar refractivity (Wildman–Crippen MR) is 120 cm³/mol. The van der Waals surface area contributed by atoms with E-state index in [4.69, 9.17) is 4.74 Å². The third-order valence-electron chi connectivity index (χ3n) is 5.30. The van der Waals surface area contributed by atoms with Crippen molar-refractivity contribution in [3.63, 3.8) is 0 Å². The fourth-order valence-electron chi connectivity index (χ4n) is 3.80. The number of anilines is 2. The van der Waals surface area contributed by atoms with Crippen LogP contribution in [-0.4, -0.2) is 11.9 Å². The van der Waals surface area contributed by atoms with Crippen LogP contribution in [0.4, 0.5) is 11.4 Å². The molecule has 2 nitrogen and oxygen atoms in total. The molecule has 0 saturated heterocycles. The fourth-order valence-corrected chi connectivity index (χ4v) is 4.20. The van der Waals surface area contributed by atoms with Gasteiger partial charge in [-0.05, 0) is 37.1 Å². The van der Waals surface area contributed by atoms with E-state index in [1.807, 2.05) is 12.1 Å². The average Bonchev–Trinajstić information content (AvgIpc) is 2.71. The maximum atomic E-state index is 6.07. The molecule has 3 rings (SSSR count). The summed E-state index contributed by atoms with van der Waals surface area (Å²) in [6.07, 6.45) is 13.6. The van der Waals surface area contributed by atoms with Crippen LogP contribution in [0.5, 0.6) is 11.5 Å². The highest BCUT2D eigenvalue weighted by atomic mass is 79.9. The zero-order valence-corrected chi connectivity index (χ0v) is 17.9. The number of nitrogens with zero attached hydrogens (tertiary/aromatic N) is 1. The second-order valence-corrected chi connectivity index (χ2v) is 8.21. The number of benzene rings is 2. The zero-order chi connectivity index (χ0) is 18.7. The molecule has 0 saturated carbocycles. The number of rotatable bonds is 12. The van der Waals surface area contributed by atoms with Gasteiger partial charge in [0.25, 0.3) is 0 Å². The van der Waals surface area contributed by atoms with Crippen molar-refractivity contribution in [3.8, 4) is 11.5 Å². The minimum Gasteiger partial charge on any atom is -0.453 e. The smallest absolute Gasteiger partial charge is 0.151 e.